The molecule has 0 bridgehead atoms. The Morgan fingerprint density at radius 1 is 1.04 bits per heavy atom. The summed E-state index contributed by atoms with van der Waals surface area (Å²) < 4.78 is 5.23. The van der Waals surface area contributed by atoms with Gasteiger partial charge >= 0.3 is 5.97 Å². The lowest BCUT2D eigenvalue weighted by Gasteiger charge is -2.25. The van der Waals surface area contributed by atoms with E-state index in [2.05, 4.69) is 5.32 Å². The van der Waals surface area contributed by atoms with Gasteiger partial charge in [0, 0.05) is 0 Å². The smallest absolute Gasteiger partial charge is 0.328 e. The van der Waals surface area contributed by atoms with Gasteiger partial charge in [0.05, 0.1) is 5.54 Å². The van der Waals surface area contributed by atoms with Crippen molar-refractivity contribution in [2.75, 3.05) is 0 Å². The first-order valence-electron chi connectivity index (χ1n) is 8.23. The molecule has 0 fully saturated rings. The van der Waals surface area contributed by atoms with Gasteiger partial charge in [0.1, 0.15) is 12.6 Å². The summed E-state index contributed by atoms with van der Waals surface area (Å²) in [6.07, 6.45) is 0.380. The van der Waals surface area contributed by atoms with Gasteiger partial charge in [0.25, 0.3) is 0 Å². The molecule has 0 aromatic heterocycles. The second-order valence-corrected chi connectivity index (χ2v) is 6.37. The normalized spacial score (nSPS) is 14.2. The Hall–Kier alpha value is -2.66. The van der Waals surface area contributed by atoms with Crippen molar-refractivity contribution >= 4 is 11.9 Å². The van der Waals surface area contributed by atoms with E-state index in [1.807, 2.05) is 60.7 Å². The Labute approximate surface area is 148 Å². The Balaban J connectivity index is 1.86. The molecule has 1 amide bonds. The summed E-state index contributed by atoms with van der Waals surface area (Å²) in [5.74, 6) is -0.881. The molecule has 25 heavy (non-hydrogen) atoms. The molecule has 0 unspecified atom stereocenters. The molecule has 3 N–H and O–H groups in total. The molecule has 0 heterocycles. The molecule has 0 aliphatic rings. The molecule has 0 saturated heterocycles. The Kier molecular flexibility index (Phi) is 6.31. The third-order valence-corrected chi connectivity index (χ3v) is 3.86. The first-order valence-corrected chi connectivity index (χ1v) is 8.23. The number of amides is 1. The maximum Gasteiger partial charge on any atom is 0.328 e. The summed E-state index contributed by atoms with van der Waals surface area (Å²) in [5, 5.41) is 2.64. The van der Waals surface area contributed by atoms with E-state index in [-0.39, 0.29) is 12.5 Å². The summed E-state index contributed by atoms with van der Waals surface area (Å²) in [4.78, 5) is 24.5. The van der Waals surface area contributed by atoms with Gasteiger partial charge < -0.3 is 15.8 Å². The minimum Gasteiger partial charge on any atom is -0.459 e. The number of ether oxygens (including phenoxy) is 1. The molecule has 0 radical (unpaired) electrons. The van der Waals surface area contributed by atoms with Crippen LogP contribution in [0, 0.1) is 0 Å². The predicted octanol–water partition coefficient (Wildman–Crippen LogP) is 2.19. The summed E-state index contributed by atoms with van der Waals surface area (Å²) in [6, 6.07) is 18.1. The van der Waals surface area contributed by atoms with Crippen LogP contribution in [0.3, 0.4) is 0 Å². The largest absolute Gasteiger partial charge is 0.459 e. The van der Waals surface area contributed by atoms with Crippen molar-refractivity contribution in [3.05, 3.63) is 71.8 Å². The lowest BCUT2D eigenvalue weighted by atomic mass is 9.93. The highest BCUT2D eigenvalue weighted by Gasteiger charge is 2.31. The van der Waals surface area contributed by atoms with Crippen molar-refractivity contribution in [2.45, 2.75) is 38.5 Å². The average molecular weight is 340 g/mol. The van der Waals surface area contributed by atoms with Gasteiger partial charge in [-0.05, 0) is 31.4 Å². The van der Waals surface area contributed by atoms with E-state index >= 15 is 0 Å². The van der Waals surface area contributed by atoms with Crippen molar-refractivity contribution < 1.29 is 14.3 Å². The Morgan fingerprint density at radius 3 is 2.12 bits per heavy atom. The molecule has 0 aliphatic carbocycles. The number of carbonyl (C=O) groups is 2. The molecule has 132 valence electrons. The van der Waals surface area contributed by atoms with Gasteiger partial charge in [-0.25, -0.2) is 4.79 Å². The number of carbonyl (C=O) groups excluding carboxylic acids is 2. The summed E-state index contributed by atoms with van der Waals surface area (Å²) in [5.41, 5.74) is 6.88. The molecule has 0 aliphatic heterocycles. The number of rotatable bonds is 7. The first kappa shape index (κ1) is 18.7. The highest BCUT2D eigenvalue weighted by Crippen LogP contribution is 2.11. The number of hydrogen-bond donors (Lipinski definition) is 2. The maximum atomic E-state index is 12.4. The van der Waals surface area contributed by atoms with Crippen LogP contribution in [-0.2, 0) is 27.4 Å². The van der Waals surface area contributed by atoms with Gasteiger partial charge in [0.2, 0.25) is 5.91 Å². The zero-order chi connectivity index (χ0) is 18.3. The quantitative estimate of drug-likeness (QED) is 0.757. The van der Waals surface area contributed by atoms with Crippen LogP contribution in [-0.4, -0.2) is 23.5 Å². The summed E-state index contributed by atoms with van der Waals surface area (Å²) in [6.45, 7) is 3.41. The van der Waals surface area contributed by atoms with Crippen molar-refractivity contribution in [3.8, 4) is 0 Å². The minimum absolute atomic E-state index is 0.170. The molecule has 2 aromatic rings. The van der Waals surface area contributed by atoms with Crippen LogP contribution in [0.25, 0.3) is 0 Å². The van der Waals surface area contributed by atoms with E-state index in [0.717, 1.165) is 11.1 Å². The minimum atomic E-state index is -1.12. The SMILES string of the molecule is C[C@@H](NC(=O)[C@@](C)(N)Cc1ccccc1)C(=O)OCc1ccccc1. The molecule has 2 rings (SSSR count). The second kappa shape index (κ2) is 8.44. The zero-order valence-electron chi connectivity index (χ0n) is 14.6. The molecular formula is C20H24N2O3. The molecule has 0 spiro atoms. The van der Waals surface area contributed by atoms with E-state index in [0.29, 0.717) is 6.42 Å². The third kappa shape index (κ3) is 5.72. The van der Waals surface area contributed by atoms with Crippen LogP contribution in [0.15, 0.2) is 60.7 Å². The van der Waals surface area contributed by atoms with E-state index in [4.69, 9.17) is 10.5 Å². The topological polar surface area (TPSA) is 81.4 Å². The van der Waals surface area contributed by atoms with Gasteiger partial charge in [-0.15, -0.1) is 0 Å². The van der Waals surface area contributed by atoms with Crippen LogP contribution in [0.5, 0.6) is 0 Å². The van der Waals surface area contributed by atoms with Crippen molar-refractivity contribution in [2.24, 2.45) is 5.73 Å². The van der Waals surface area contributed by atoms with Gasteiger partial charge in [-0.3, -0.25) is 4.79 Å². The van der Waals surface area contributed by atoms with Crippen LogP contribution < -0.4 is 11.1 Å². The predicted molar refractivity (Wildman–Crippen MR) is 96.6 cm³/mol. The number of nitrogens with two attached hydrogens (primary N) is 1. The van der Waals surface area contributed by atoms with Gasteiger partial charge in [-0.2, -0.15) is 0 Å². The third-order valence-electron chi connectivity index (χ3n) is 3.86. The van der Waals surface area contributed by atoms with E-state index in [9.17, 15) is 9.59 Å². The molecule has 2 atom stereocenters. The molecule has 0 saturated carbocycles. The Bertz CT molecular complexity index is 699. The molecular weight excluding hydrogens is 316 g/mol. The van der Waals surface area contributed by atoms with Crippen molar-refractivity contribution in [1.82, 2.24) is 5.32 Å². The zero-order valence-corrected chi connectivity index (χ0v) is 14.6. The van der Waals surface area contributed by atoms with Crippen LogP contribution >= 0.6 is 0 Å². The van der Waals surface area contributed by atoms with Crippen LogP contribution in [0.1, 0.15) is 25.0 Å². The van der Waals surface area contributed by atoms with Crippen LogP contribution in [0.4, 0.5) is 0 Å². The van der Waals surface area contributed by atoms with Crippen molar-refractivity contribution in [1.29, 1.82) is 0 Å². The lowest BCUT2D eigenvalue weighted by molar-refractivity contribution is -0.149. The second-order valence-electron chi connectivity index (χ2n) is 6.37. The lowest BCUT2D eigenvalue weighted by Crippen LogP contribution is -2.56. The standard InChI is InChI=1S/C20H24N2O3/c1-15(18(23)25-14-17-11-7-4-8-12-17)22-19(24)20(2,21)13-16-9-5-3-6-10-16/h3-12,15H,13-14,21H2,1-2H3,(H,22,24)/t15-,20+/m1/s1. The number of hydrogen-bond acceptors (Lipinski definition) is 4. The summed E-state index contributed by atoms with van der Waals surface area (Å²) >= 11 is 0. The van der Waals surface area contributed by atoms with Crippen LogP contribution in [0.2, 0.25) is 0 Å². The average Bonchev–Trinajstić information content (AvgIpc) is 2.61. The number of nitrogens with one attached hydrogen (secondary N) is 1. The fraction of sp³-hybridized carbons (Fsp3) is 0.300. The van der Waals surface area contributed by atoms with Gasteiger partial charge in [-0.1, -0.05) is 60.7 Å². The number of esters is 1. The fourth-order valence-corrected chi connectivity index (χ4v) is 2.37. The first-order chi connectivity index (χ1) is 11.9. The van der Waals surface area contributed by atoms with Crippen molar-refractivity contribution in [3.63, 3.8) is 0 Å². The van der Waals surface area contributed by atoms with E-state index in [1.165, 1.54) is 0 Å². The summed E-state index contributed by atoms with van der Waals surface area (Å²) in [7, 11) is 0. The highest BCUT2D eigenvalue weighted by atomic mass is 16.5. The fourth-order valence-electron chi connectivity index (χ4n) is 2.37. The van der Waals surface area contributed by atoms with E-state index < -0.39 is 17.6 Å². The number of benzene rings is 2. The maximum absolute atomic E-state index is 12.4. The monoisotopic (exact) mass is 340 g/mol. The van der Waals surface area contributed by atoms with E-state index in [1.54, 1.807) is 13.8 Å². The van der Waals surface area contributed by atoms with Gasteiger partial charge in [0.15, 0.2) is 0 Å². The molecule has 5 heteroatoms. The Morgan fingerprint density at radius 2 is 1.56 bits per heavy atom. The molecule has 2 aromatic carbocycles. The molecule has 5 nitrogen and oxygen atoms in total. The highest BCUT2D eigenvalue weighted by molar-refractivity contribution is 5.90.